The zero-order valence-electron chi connectivity index (χ0n) is 6.52. The van der Waals surface area contributed by atoms with Gasteiger partial charge < -0.3 is 10.1 Å². The van der Waals surface area contributed by atoms with E-state index in [1.54, 1.807) is 0 Å². The monoisotopic (exact) mass is 141 g/mol. The van der Waals surface area contributed by atoms with Gasteiger partial charge in [-0.2, -0.15) is 0 Å². The molecule has 0 aromatic heterocycles. The summed E-state index contributed by atoms with van der Waals surface area (Å²) in [5.41, 5.74) is 0.653. The van der Waals surface area contributed by atoms with Crippen LogP contribution in [0.1, 0.15) is 19.3 Å². The fourth-order valence-electron chi connectivity index (χ4n) is 2.16. The Morgan fingerprint density at radius 2 is 2.30 bits per heavy atom. The summed E-state index contributed by atoms with van der Waals surface area (Å²) in [5, 5.41) is 3.33. The van der Waals surface area contributed by atoms with E-state index >= 15 is 0 Å². The van der Waals surface area contributed by atoms with Crippen LogP contribution in [0.15, 0.2) is 0 Å². The second kappa shape index (κ2) is 2.21. The lowest BCUT2D eigenvalue weighted by atomic mass is 9.80. The number of hydrogen-bond donors (Lipinski definition) is 1. The molecule has 1 saturated carbocycles. The minimum Gasteiger partial charge on any atom is -0.381 e. The van der Waals surface area contributed by atoms with Crippen molar-refractivity contribution in [2.75, 3.05) is 20.2 Å². The highest BCUT2D eigenvalue weighted by Crippen LogP contribution is 2.41. The lowest BCUT2D eigenvalue weighted by Crippen LogP contribution is -2.52. The van der Waals surface area contributed by atoms with Crippen LogP contribution in [0.4, 0.5) is 0 Å². The molecule has 2 aliphatic rings. The molecule has 1 aliphatic carbocycles. The minimum atomic E-state index is 0.558. The number of methoxy groups -OCH3 is 1. The zero-order valence-corrected chi connectivity index (χ0v) is 6.52. The summed E-state index contributed by atoms with van der Waals surface area (Å²) < 4.78 is 5.31. The van der Waals surface area contributed by atoms with Crippen LogP contribution in [-0.2, 0) is 4.74 Å². The Labute approximate surface area is 61.9 Å². The Balaban J connectivity index is 1.92. The van der Waals surface area contributed by atoms with E-state index in [2.05, 4.69) is 5.32 Å². The van der Waals surface area contributed by atoms with Crippen LogP contribution in [0.2, 0.25) is 0 Å². The van der Waals surface area contributed by atoms with Crippen molar-refractivity contribution in [2.24, 2.45) is 5.41 Å². The molecule has 1 spiro atoms. The quantitative estimate of drug-likeness (QED) is 0.582. The first-order valence-corrected chi connectivity index (χ1v) is 4.08. The van der Waals surface area contributed by atoms with Crippen LogP contribution in [0.3, 0.4) is 0 Å². The summed E-state index contributed by atoms with van der Waals surface area (Å²) in [6.07, 6.45) is 4.50. The van der Waals surface area contributed by atoms with Crippen LogP contribution in [0.5, 0.6) is 0 Å². The van der Waals surface area contributed by atoms with Crippen molar-refractivity contribution in [3.8, 4) is 0 Å². The first-order chi connectivity index (χ1) is 4.85. The van der Waals surface area contributed by atoms with E-state index in [4.69, 9.17) is 4.74 Å². The van der Waals surface area contributed by atoms with E-state index in [0.717, 1.165) is 0 Å². The molecule has 1 unspecified atom stereocenters. The van der Waals surface area contributed by atoms with Crippen molar-refractivity contribution in [3.05, 3.63) is 0 Å². The molecule has 2 rings (SSSR count). The van der Waals surface area contributed by atoms with Crippen molar-refractivity contribution in [1.29, 1.82) is 0 Å². The van der Waals surface area contributed by atoms with E-state index in [1.165, 1.54) is 32.4 Å². The first kappa shape index (κ1) is 6.62. The Morgan fingerprint density at radius 3 is 2.60 bits per heavy atom. The molecule has 2 heteroatoms. The molecule has 1 saturated heterocycles. The van der Waals surface area contributed by atoms with Crippen molar-refractivity contribution >= 4 is 0 Å². The third-order valence-corrected chi connectivity index (χ3v) is 2.99. The van der Waals surface area contributed by atoms with Crippen LogP contribution in [0.25, 0.3) is 0 Å². The first-order valence-electron chi connectivity index (χ1n) is 4.08. The second-order valence-electron chi connectivity index (χ2n) is 3.70. The lowest BCUT2D eigenvalue weighted by Gasteiger charge is -2.39. The van der Waals surface area contributed by atoms with Crippen molar-refractivity contribution in [3.63, 3.8) is 0 Å². The van der Waals surface area contributed by atoms with Crippen LogP contribution in [0, 0.1) is 5.41 Å². The van der Waals surface area contributed by atoms with Crippen LogP contribution < -0.4 is 5.32 Å². The SMILES string of the molecule is COC1CCC2(CNC2)C1. The Hall–Kier alpha value is -0.0800. The largest absolute Gasteiger partial charge is 0.381 e. The summed E-state index contributed by atoms with van der Waals surface area (Å²) in [5.74, 6) is 0. The van der Waals surface area contributed by atoms with Crippen molar-refractivity contribution in [1.82, 2.24) is 5.32 Å². The average molecular weight is 141 g/mol. The van der Waals surface area contributed by atoms with E-state index < -0.39 is 0 Å². The van der Waals surface area contributed by atoms with Gasteiger partial charge in [-0.1, -0.05) is 0 Å². The summed E-state index contributed by atoms with van der Waals surface area (Å²) in [6.45, 7) is 2.46. The van der Waals surface area contributed by atoms with E-state index in [9.17, 15) is 0 Å². The molecule has 0 amide bonds. The summed E-state index contributed by atoms with van der Waals surface area (Å²) in [6, 6.07) is 0. The maximum Gasteiger partial charge on any atom is 0.0577 e. The van der Waals surface area contributed by atoms with Gasteiger partial charge in [0.15, 0.2) is 0 Å². The molecule has 0 aromatic carbocycles. The summed E-state index contributed by atoms with van der Waals surface area (Å²) in [7, 11) is 1.83. The van der Waals surface area contributed by atoms with Gasteiger partial charge in [-0.25, -0.2) is 0 Å². The molecule has 0 radical (unpaired) electrons. The predicted octanol–water partition coefficient (Wildman–Crippen LogP) is 0.775. The highest BCUT2D eigenvalue weighted by molar-refractivity contribution is 4.98. The van der Waals surface area contributed by atoms with Crippen LogP contribution in [-0.4, -0.2) is 26.3 Å². The second-order valence-corrected chi connectivity index (χ2v) is 3.70. The normalized spacial score (nSPS) is 36.3. The molecule has 58 valence electrons. The van der Waals surface area contributed by atoms with Gasteiger partial charge >= 0.3 is 0 Å². The molecule has 10 heavy (non-hydrogen) atoms. The summed E-state index contributed by atoms with van der Waals surface area (Å²) in [4.78, 5) is 0. The molecule has 1 heterocycles. The maximum absolute atomic E-state index is 5.31. The van der Waals surface area contributed by atoms with Gasteiger partial charge in [0, 0.05) is 20.2 Å². The van der Waals surface area contributed by atoms with Gasteiger partial charge in [-0.3, -0.25) is 0 Å². The molecule has 2 nitrogen and oxygen atoms in total. The maximum atomic E-state index is 5.31. The fraction of sp³-hybridized carbons (Fsp3) is 1.00. The molecule has 2 fully saturated rings. The number of hydrogen-bond acceptors (Lipinski definition) is 2. The third kappa shape index (κ3) is 0.867. The fourth-order valence-corrected chi connectivity index (χ4v) is 2.16. The van der Waals surface area contributed by atoms with E-state index in [-0.39, 0.29) is 0 Å². The van der Waals surface area contributed by atoms with Crippen molar-refractivity contribution < 1.29 is 4.74 Å². The van der Waals surface area contributed by atoms with Gasteiger partial charge in [0.05, 0.1) is 6.10 Å². The van der Waals surface area contributed by atoms with Gasteiger partial charge in [-0.15, -0.1) is 0 Å². The Morgan fingerprint density at radius 1 is 1.50 bits per heavy atom. The smallest absolute Gasteiger partial charge is 0.0577 e. The van der Waals surface area contributed by atoms with Crippen LogP contribution >= 0.6 is 0 Å². The van der Waals surface area contributed by atoms with E-state index in [1.807, 2.05) is 7.11 Å². The molecule has 1 atom stereocenters. The Kier molecular flexibility index (Phi) is 1.46. The molecule has 1 N–H and O–H groups in total. The van der Waals surface area contributed by atoms with Crippen molar-refractivity contribution in [2.45, 2.75) is 25.4 Å². The third-order valence-electron chi connectivity index (χ3n) is 2.99. The highest BCUT2D eigenvalue weighted by Gasteiger charge is 2.43. The lowest BCUT2D eigenvalue weighted by molar-refractivity contribution is 0.0812. The highest BCUT2D eigenvalue weighted by atomic mass is 16.5. The zero-order chi connectivity index (χ0) is 7.03. The van der Waals surface area contributed by atoms with Gasteiger partial charge in [0.1, 0.15) is 0 Å². The van der Waals surface area contributed by atoms with E-state index in [0.29, 0.717) is 11.5 Å². The summed E-state index contributed by atoms with van der Waals surface area (Å²) >= 11 is 0. The number of ether oxygens (including phenoxy) is 1. The molecular weight excluding hydrogens is 126 g/mol. The molecular formula is C8H15NO. The Bertz CT molecular complexity index is 131. The van der Waals surface area contributed by atoms with Gasteiger partial charge in [-0.05, 0) is 24.7 Å². The predicted molar refractivity (Wildman–Crippen MR) is 40.0 cm³/mol. The molecule has 0 aromatic rings. The number of rotatable bonds is 1. The topological polar surface area (TPSA) is 21.3 Å². The minimum absolute atomic E-state index is 0.558. The molecule has 0 bridgehead atoms. The van der Waals surface area contributed by atoms with Gasteiger partial charge in [0.25, 0.3) is 0 Å². The average Bonchev–Trinajstić information content (AvgIpc) is 2.29. The molecule has 1 aliphatic heterocycles. The number of nitrogens with one attached hydrogen (secondary N) is 1. The standard InChI is InChI=1S/C8H15NO/c1-10-7-2-3-8(4-7)5-9-6-8/h7,9H,2-6H2,1H3. The van der Waals surface area contributed by atoms with Gasteiger partial charge in [0.2, 0.25) is 0 Å².